The summed E-state index contributed by atoms with van der Waals surface area (Å²) in [6.07, 6.45) is 8.24. The van der Waals surface area contributed by atoms with E-state index in [1.807, 2.05) is 12.1 Å². The van der Waals surface area contributed by atoms with Gasteiger partial charge in [-0.1, -0.05) is 30.7 Å². The molecule has 1 saturated heterocycles. The lowest BCUT2D eigenvalue weighted by molar-refractivity contribution is -0.935. The first-order valence-electron chi connectivity index (χ1n) is 9.51. The Morgan fingerprint density at radius 3 is 2.71 bits per heavy atom. The summed E-state index contributed by atoms with van der Waals surface area (Å²) in [5, 5.41) is 2.34. The van der Waals surface area contributed by atoms with Crippen molar-refractivity contribution in [2.75, 3.05) is 18.1 Å². The SMILES string of the molecule is O=C1c2cccc3cccc(c23)N1C[NH+]1CCC[C@H]2CCCC[C@@H]21. The zero-order valence-electron chi connectivity index (χ0n) is 14.1. The molecule has 1 amide bonds. The summed E-state index contributed by atoms with van der Waals surface area (Å²) in [6.45, 7) is 2.06. The maximum absolute atomic E-state index is 13.0. The normalized spacial score (nSPS) is 29.1. The van der Waals surface area contributed by atoms with Gasteiger partial charge < -0.3 is 4.90 Å². The van der Waals surface area contributed by atoms with Gasteiger partial charge in [-0.3, -0.25) is 9.69 Å². The summed E-state index contributed by atoms with van der Waals surface area (Å²) in [5.74, 6) is 1.09. The van der Waals surface area contributed by atoms with Gasteiger partial charge in [-0.05, 0) is 49.6 Å². The van der Waals surface area contributed by atoms with E-state index in [2.05, 4.69) is 29.2 Å². The third-order valence-corrected chi connectivity index (χ3v) is 6.52. The molecule has 0 spiro atoms. The van der Waals surface area contributed by atoms with Gasteiger partial charge in [0.25, 0.3) is 5.91 Å². The molecule has 2 heterocycles. The Hall–Kier alpha value is -1.87. The lowest BCUT2D eigenvalue weighted by Crippen LogP contribution is -3.19. The van der Waals surface area contributed by atoms with Crippen molar-refractivity contribution in [3.8, 4) is 0 Å². The molecule has 124 valence electrons. The number of nitrogens with zero attached hydrogens (tertiary/aromatic N) is 1. The van der Waals surface area contributed by atoms with Crippen molar-refractivity contribution in [1.29, 1.82) is 0 Å². The zero-order chi connectivity index (χ0) is 16.1. The van der Waals surface area contributed by atoms with Gasteiger partial charge in [0.2, 0.25) is 0 Å². The van der Waals surface area contributed by atoms with Crippen LogP contribution in [0.4, 0.5) is 5.69 Å². The zero-order valence-corrected chi connectivity index (χ0v) is 14.1. The number of amides is 1. The van der Waals surface area contributed by atoms with Crippen LogP contribution >= 0.6 is 0 Å². The largest absolute Gasteiger partial charge is 0.315 e. The molecule has 2 fully saturated rings. The van der Waals surface area contributed by atoms with Crippen molar-refractivity contribution < 1.29 is 9.69 Å². The second-order valence-corrected chi connectivity index (χ2v) is 7.77. The van der Waals surface area contributed by atoms with Gasteiger partial charge in [-0.2, -0.15) is 0 Å². The minimum Gasteiger partial charge on any atom is -0.315 e. The molecule has 3 heteroatoms. The van der Waals surface area contributed by atoms with E-state index in [0.717, 1.165) is 35.3 Å². The second-order valence-electron chi connectivity index (χ2n) is 7.77. The minimum absolute atomic E-state index is 0.201. The molecule has 0 aromatic heterocycles. The third-order valence-electron chi connectivity index (χ3n) is 6.52. The maximum Gasteiger partial charge on any atom is 0.263 e. The van der Waals surface area contributed by atoms with Gasteiger partial charge in [0.15, 0.2) is 6.67 Å². The number of fused-ring (bicyclic) bond motifs is 1. The van der Waals surface area contributed by atoms with E-state index in [0.29, 0.717) is 0 Å². The van der Waals surface area contributed by atoms with Gasteiger partial charge in [0, 0.05) is 11.3 Å². The number of likely N-dealkylation sites (tertiary alicyclic amines) is 1. The number of benzene rings is 2. The van der Waals surface area contributed by atoms with Crippen LogP contribution in [0.2, 0.25) is 0 Å². The second kappa shape index (κ2) is 5.59. The van der Waals surface area contributed by atoms with Gasteiger partial charge >= 0.3 is 0 Å². The van der Waals surface area contributed by atoms with Crippen LogP contribution in [0.1, 0.15) is 48.9 Å². The lowest BCUT2D eigenvalue weighted by atomic mass is 9.78. The number of rotatable bonds is 2. The average Bonchev–Trinajstić information content (AvgIpc) is 2.90. The van der Waals surface area contributed by atoms with E-state index in [1.54, 1.807) is 4.90 Å². The summed E-state index contributed by atoms with van der Waals surface area (Å²) in [7, 11) is 0. The molecule has 0 bridgehead atoms. The number of piperidine rings is 1. The van der Waals surface area contributed by atoms with Crippen LogP contribution in [0.3, 0.4) is 0 Å². The number of nitrogens with one attached hydrogen (secondary N) is 1. The van der Waals surface area contributed by atoms with Gasteiger partial charge in [0.1, 0.15) is 0 Å². The van der Waals surface area contributed by atoms with E-state index < -0.39 is 0 Å². The number of anilines is 1. The molecule has 2 aromatic carbocycles. The first kappa shape index (κ1) is 14.5. The molecule has 1 N–H and O–H groups in total. The van der Waals surface area contributed by atoms with Crippen LogP contribution in [-0.4, -0.2) is 25.2 Å². The predicted molar refractivity (Wildman–Crippen MR) is 96.4 cm³/mol. The summed E-state index contributed by atoms with van der Waals surface area (Å²) in [4.78, 5) is 16.7. The molecular weight excluding hydrogens is 296 g/mol. The molecule has 1 unspecified atom stereocenters. The molecule has 5 rings (SSSR count). The van der Waals surface area contributed by atoms with E-state index in [9.17, 15) is 4.79 Å². The van der Waals surface area contributed by atoms with Crippen molar-refractivity contribution in [2.24, 2.45) is 5.92 Å². The van der Waals surface area contributed by atoms with Crippen LogP contribution < -0.4 is 9.80 Å². The summed E-state index contributed by atoms with van der Waals surface area (Å²) in [5.41, 5.74) is 2.01. The number of hydrogen-bond donors (Lipinski definition) is 1. The molecule has 24 heavy (non-hydrogen) atoms. The van der Waals surface area contributed by atoms with E-state index in [4.69, 9.17) is 0 Å². The highest BCUT2D eigenvalue weighted by Gasteiger charge is 2.40. The van der Waals surface area contributed by atoms with Crippen molar-refractivity contribution in [3.05, 3.63) is 42.0 Å². The lowest BCUT2D eigenvalue weighted by Gasteiger charge is -2.42. The first-order valence-corrected chi connectivity index (χ1v) is 9.51. The number of quaternary nitrogens is 1. The molecule has 2 aromatic rings. The quantitative estimate of drug-likeness (QED) is 0.904. The van der Waals surface area contributed by atoms with Crippen LogP contribution in [0.25, 0.3) is 10.8 Å². The number of carbonyl (C=O) groups is 1. The van der Waals surface area contributed by atoms with E-state index >= 15 is 0 Å². The van der Waals surface area contributed by atoms with Crippen molar-refractivity contribution in [1.82, 2.24) is 0 Å². The smallest absolute Gasteiger partial charge is 0.263 e. The standard InChI is InChI=1S/C21H24N2O/c24-21-17-10-3-7-16-8-4-12-19(20(16)17)23(21)14-22-13-5-9-15-6-1-2-11-18(15)22/h3-4,7-8,10,12,15,18H,1-2,5-6,9,11,13-14H2/p+1/t15-,18+/m1/s1. The summed E-state index contributed by atoms with van der Waals surface area (Å²) >= 11 is 0. The molecular formula is C21H25N2O+. The number of carbonyl (C=O) groups excluding carboxylic acids is 1. The Morgan fingerprint density at radius 1 is 1.00 bits per heavy atom. The predicted octanol–water partition coefficient (Wildman–Crippen LogP) is 3.00. The monoisotopic (exact) mass is 321 g/mol. The van der Waals surface area contributed by atoms with Crippen molar-refractivity contribution >= 4 is 22.4 Å². The topological polar surface area (TPSA) is 24.8 Å². The molecule has 1 aliphatic carbocycles. The first-order chi connectivity index (χ1) is 11.8. The molecule has 3 aliphatic rings. The van der Waals surface area contributed by atoms with Gasteiger partial charge in [0.05, 0.1) is 23.8 Å². The summed E-state index contributed by atoms with van der Waals surface area (Å²) < 4.78 is 0. The van der Waals surface area contributed by atoms with Gasteiger partial charge in [-0.25, -0.2) is 0 Å². The molecule has 2 aliphatic heterocycles. The summed E-state index contributed by atoms with van der Waals surface area (Å²) in [6, 6.07) is 13.2. The highest BCUT2D eigenvalue weighted by molar-refractivity contribution is 6.24. The fourth-order valence-electron chi connectivity index (χ4n) is 5.40. The third kappa shape index (κ3) is 2.11. The fraction of sp³-hybridized carbons (Fsp3) is 0.476. The average molecular weight is 321 g/mol. The Balaban J connectivity index is 1.48. The number of hydrogen-bond acceptors (Lipinski definition) is 1. The molecule has 1 saturated carbocycles. The highest BCUT2D eigenvalue weighted by Crippen LogP contribution is 2.37. The van der Waals surface area contributed by atoms with Crippen LogP contribution in [-0.2, 0) is 0 Å². The Morgan fingerprint density at radius 2 is 1.79 bits per heavy atom. The maximum atomic E-state index is 13.0. The fourth-order valence-corrected chi connectivity index (χ4v) is 5.40. The van der Waals surface area contributed by atoms with Crippen LogP contribution in [0.15, 0.2) is 36.4 Å². The van der Waals surface area contributed by atoms with Crippen molar-refractivity contribution in [3.63, 3.8) is 0 Å². The van der Waals surface area contributed by atoms with Gasteiger partial charge in [-0.15, -0.1) is 0 Å². The molecule has 3 atom stereocenters. The molecule has 0 radical (unpaired) electrons. The van der Waals surface area contributed by atoms with E-state index in [-0.39, 0.29) is 5.91 Å². The van der Waals surface area contributed by atoms with Crippen LogP contribution in [0, 0.1) is 5.92 Å². The Kier molecular flexibility index (Phi) is 3.37. The Bertz CT molecular complexity index is 792. The molecule has 3 nitrogen and oxygen atoms in total. The van der Waals surface area contributed by atoms with E-state index in [1.165, 1.54) is 50.5 Å². The highest BCUT2D eigenvalue weighted by atomic mass is 16.2. The minimum atomic E-state index is 0.201. The van der Waals surface area contributed by atoms with Crippen molar-refractivity contribution in [2.45, 2.75) is 44.6 Å². The van der Waals surface area contributed by atoms with Crippen LogP contribution in [0.5, 0.6) is 0 Å². The Labute approximate surface area is 143 Å².